The molecule has 0 saturated heterocycles. The SMILES string of the molecule is C.Cc1ccc(NC(=O)CCc2cccc(O)c2)c(C(=O)O)c1.Cc1ccc(NC(=O)CCc2ccccc2O)c(C(=O)O)c1.Cc1ccc(O)cc1NC(=O)CCc1ccc(O)cc1O.Cc1ccc(O)cc1NC(=O)CCc1cccc(O)c1.Cc1ccc(O)cc1NC(=O)CCc1ccccc1O.Cc1ccccc1NC(=O)CCc1cccc(O)c1.Cc1ccccc1NC(=O)CCc1ccccc1O. The number of carboxylic acid groups (broad SMARTS) is 2. The number of aromatic carboxylic acids is 2. The lowest BCUT2D eigenvalue weighted by Gasteiger charge is -2.09. The lowest BCUT2D eigenvalue weighted by atomic mass is 10.1. The van der Waals surface area contributed by atoms with Crippen LogP contribution in [0.25, 0.3) is 0 Å². The summed E-state index contributed by atoms with van der Waals surface area (Å²) in [5.74, 6) is -1.80. The molecule has 0 unspecified atom stereocenters. The van der Waals surface area contributed by atoms with Gasteiger partial charge >= 0.3 is 11.9 Å². The first kappa shape index (κ1) is 113. The molecule has 0 saturated carbocycles. The van der Waals surface area contributed by atoms with Crippen LogP contribution >= 0.6 is 0 Å². The lowest BCUT2D eigenvalue weighted by molar-refractivity contribution is -0.117. The first-order valence-corrected chi connectivity index (χ1v) is 45.7. The molecule has 14 aromatic carbocycles. The minimum atomic E-state index is -1.08. The summed E-state index contributed by atoms with van der Waals surface area (Å²) in [7, 11) is 0. The van der Waals surface area contributed by atoms with E-state index in [0.29, 0.717) is 98.1 Å². The quantitative estimate of drug-likeness (QED) is 0.0199. The second-order valence-electron chi connectivity index (χ2n) is 33.4. The van der Waals surface area contributed by atoms with Crippen molar-refractivity contribution in [3.63, 3.8) is 0 Å². The van der Waals surface area contributed by atoms with Crippen molar-refractivity contribution in [3.8, 4) is 63.2 Å². The van der Waals surface area contributed by atoms with Gasteiger partial charge in [0.05, 0.1) is 22.5 Å². The van der Waals surface area contributed by atoms with Crippen molar-refractivity contribution in [1.82, 2.24) is 0 Å². The number of carbonyl (C=O) groups excluding carboxylic acids is 7. The summed E-state index contributed by atoms with van der Waals surface area (Å²) in [5, 5.41) is 142. The molecule has 29 heteroatoms. The largest absolute Gasteiger partial charge is 0.508 e. The maximum atomic E-state index is 12.0. The number of phenols is 11. The summed E-state index contributed by atoms with van der Waals surface area (Å²) in [6.45, 7) is 13.1. The fourth-order valence-corrected chi connectivity index (χ4v) is 13.9. The molecule has 0 spiro atoms. The highest BCUT2D eigenvalue weighted by Gasteiger charge is 2.19. The zero-order valence-corrected chi connectivity index (χ0v) is 80.3. The molecule has 750 valence electrons. The standard InChI is InChI=1S/2C17H17NO4.C16H17NO4.2C16H17NO3.2C16H17NO2.CH4/c1-11-5-7-15(14(9-11)17(21)22)18-16(20)8-6-12-3-2-4-13(19)10-12;1-11-6-8-14(13(10-11)17(21)22)18-16(20)9-7-12-4-2-3-5-15(12)19;1-10-2-5-12(18)8-14(10)17-16(21)7-4-11-3-6-13(19)9-15(11)20;1-11-5-7-14(19)10-15(11)17-16(20)8-6-12-3-2-4-13(18)9-12;1-11-6-8-13(18)10-14(11)17-16(20)9-7-12-4-2-3-5-15(12)19;1-12-6-2-4-8-14(12)17-16(19)11-10-13-7-3-5-9-15(13)18;1-12-5-2-3-8-15(12)17-16(19)10-9-13-6-4-7-14(18)11-13;/h2-5,7,9-10,19H,6,8H2,1H3,(H,18,20)(H,21,22);2-6,8,10,19H,7,9H2,1H3,(H,18,20)(H,21,22);2-3,5-6,8-9,18-20H,4,7H2,1H3,(H,17,21);2-5,7,9-10,18-19H,6,8H2,1H3,(H,17,20);2-6,8,10,18-19H,7,9H2,1H3,(H,17,20);2-9,18H,10-11H2,1H3,(H,17,19);2-8,11,18H,9-10H2,1H3,(H,17,19);1H4. The molecule has 0 aliphatic carbocycles. The number of aryl methyl sites for hydroxylation is 14. The summed E-state index contributed by atoms with van der Waals surface area (Å²) in [6.07, 6.45) is 5.27. The molecule has 14 aromatic rings. The van der Waals surface area contributed by atoms with Gasteiger partial charge in [0.25, 0.3) is 0 Å². The summed E-state index contributed by atoms with van der Waals surface area (Å²) < 4.78 is 0. The van der Waals surface area contributed by atoms with E-state index in [-0.39, 0.29) is 155 Å². The van der Waals surface area contributed by atoms with Gasteiger partial charge in [0.1, 0.15) is 63.2 Å². The van der Waals surface area contributed by atoms with Crippen LogP contribution in [0.15, 0.2) is 303 Å². The van der Waals surface area contributed by atoms with Gasteiger partial charge in [-0.05, 0) is 275 Å². The third-order valence-electron chi connectivity index (χ3n) is 21.9. The molecule has 0 aliphatic heterocycles. The van der Waals surface area contributed by atoms with Gasteiger partial charge < -0.3 is 104 Å². The number of benzene rings is 14. The predicted molar refractivity (Wildman–Crippen MR) is 561 cm³/mol. The molecule has 20 N–H and O–H groups in total. The molecule has 0 fully saturated rings. The first-order chi connectivity index (χ1) is 68.3. The molecule has 0 heterocycles. The summed E-state index contributed by atoms with van der Waals surface area (Å²) >= 11 is 0. The van der Waals surface area contributed by atoms with Gasteiger partial charge in [-0.15, -0.1) is 0 Å². The molecule has 144 heavy (non-hydrogen) atoms. The van der Waals surface area contributed by atoms with Gasteiger partial charge in [0.2, 0.25) is 41.4 Å². The molecular weight excluding hydrogens is 1830 g/mol. The number of hydrogen-bond acceptors (Lipinski definition) is 20. The Morgan fingerprint density at radius 3 is 0.715 bits per heavy atom. The molecular formula is C115H123N7O22. The Morgan fingerprint density at radius 2 is 0.438 bits per heavy atom. The van der Waals surface area contributed by atoms with Crippen molar-refractivity contribution >= 4 is 93.1 Å². The van der Waals surface area contributed by atoms with Crippen LogP contribution in [0, 0.1) is 48.5 Å². The molecule has 29 nitrogen and oxygen atoms in total. The summed E-state index contributed by atoms with van der Waals surface area (Å²) in [6, 6.07) is 85.2. The topological polar surface area (TPSA) is 501 Å². The average Bonchev–Trinajstić information content (AvgIpc) is 0.843. The number of hydrogen-bond donors (Lipinski definition) is 20. The highest BCUT2D eigenvalue weighted by Crippen LogP contribution is 2.31. The minimum absolute atomic E-state index is 0. The second kappa shape index (κ2) is 58.1. The second-order valence-corrected chi connectivity index (χ2v) is 33.4. The van der Waals surface area contributed by atoms with Crippen LogP contribution < -0.4 is 37.2 Å². The number of para-hydroxylation sites is 5. The molecule has 0 bridgehead atoms. The van der Waals surface area contributed by atoms with E-state index in [4.69, 9.17) is 10.2 Å². The van der Waals surface area contributed by atoms with Crippen molar-refractivity contribution < 1.29 is 110 Å². The monoisotopic (exact) mass is 1950 g/mol. The number of phenolic OH excluding ortho intramolecular Hbond substituents is 11. The van der Waals surface area contributed by atoms with Crippen LogP contribution in [0.2, 0.25) is 0 Å². The van der Waals surface area contributed by atoms with E-state index >= 15 is 0 Å². The highest BCUT2D eigenvalue weighted by molar-refractivity contribution is 6.02. The van der Waals surface area contributed by atoms with Crippen LogP contribution in [-0.2, 0) is 78.5 Å². The van der Waals surface area contributed by atoms with Gasteiger partial charge in [-0.3, -0.25) is 33.6 Å². The Balaban J connectivity index is 0.000000228. The molecule has 0 atom stereocenters. The Morgan fingerprint density at radius 1 is 0.201 bits per heavy atom. The van der Waals surface area contributed by atoms with E-state index in [1.165, 1.54) is 42.5 Å². The maximum Gasteiger partial charge on any atom is 0.337 e. The van der Waals surface area contributed by atoms with Crippen LogP contribution in [0.1, 0.15) is 151 Å². The first-order valence-electron chi connectivity index (χ1n) is 45.7. The van der Waals surface area contributed by atoms with Crippen molar-refractivity contribution in [3.05, 3.63) is 392 Å². The highest BCUT2D eigenvalue weighted by atomic mass is 16.4. The number of aromatic hydroxyl groups is 11. The number of carbonyl (C=O) groups is 9. The Kier molecular flexibility index (Phi) is 45.6. The molecule has 7 amide bonds. The maximum absolute atomic E-state index is 12.0. The van der Waals surface area contributed by atoms with E-state index < -0.39 is 11.9 Å². The Labute approximate surface area is 836 Å². The van der Waals surface area contributed by atoms with Crippen molar-refractivity contribution in [2.75, 3.05) is 37.2 Å². The van der Waals surface area contributed by atoms with Crippen LogP contribution in [0.3, 0.4) is 0 Å². The molecule has 0 radical (unpaired) electrons. The minimum Gasteiger partial charge on any atom is -0.508 e. The number of carboxylic acids is 2. The fraction of sp³-hybridized carbons (Fsp3) is 0.191. The van der Waals surface area contributed by atoms with Crippen molar-refractivity contribution in [2.24, 2.45) is 0 Å². The van der Waals surface area contributed by atoms with E-state index in [1.807, 2.05) is 120 Å². The Bertz CT molecular complexity index is 6720. The van der Waals surface area contributed by atoms with Gasteiger partial charge in [-0.25, -0.2) is 9.59 Å². The zero-order chi connectivity index (χ0) is 104. The smallest absolute Gasteiger partial charge is 0.337 e. The van der Waals surface area contributed by atoms with Crippen LogP contribution in [0.4, 0.5) is 39.8 Å². The number of nitrogens with one attached hydrogen (secondary N) is 7. The van der Waals surface area contributed by atoms with Gasteiger partial charge in [-0.2, -0.15) is 0 Å². The predicted octanol–water partition coefficient (Wildman–Crippen LogP) is 21.8. The third-order valence-corrected chi connectivity index (χ3v) is 21.9. The molecule has 0 aliphatic rings. The normalized spacial score (nSPS) is 10.2. The fourth-order valence-electron chi connectivity index (χ4n) is 13.9. The van der Waals surface area contributed by atoms with E-state index in [0.717, 1.165) is 78.1 Å². The third kappa shape index (κ3) is 40.3. The average molecular weight is 1960 g/mol. The molecule has 0 aromatic heterocycles. The van der Waals surface area contributed by atoms with Gasteiger partial charge in [0, 0.05) is 97.6 Å². The van der Waals surface area contributed by atoms with Gasteiger partial charge in [0.15, 0.2) is 0 Å². The van der Waals surface area contributed by atoms with Crippen LogP contribution in [-0.4, -0.2) is 120 Å². The van der Waals surface area contributed by atoms with Crippen molar-refractivity contribution in [2.45, 2.75) is 146 Å². The van der Waals surface area contributed by atoms with Crippen LogP contribution in [0.5, 0.6) is 63.2 Å². The van der Waals surface area contributed by atoms with E-state index in [9.17, 15) is 99.3 Å². The van der Waals surface area contributed by atoms with Crippen molar-refractivity contribution in [1.29, 1.82) is 0 Å². The van der Waals surface area contributed by atoms with E-state index in [2.05, 4.69) is 37.2 Å². The number of anilines is 7. The van der Waals surface area contributed by atoms with Gasteiger partial charge in [-0.1, -0.05) is 182 Å². The van der Waals surface area contributed by atoms with E-state index in [1.54, 1.807) is 190 Å². The molecule has 14 rings (SSSR count). The number of amides is 7. The number of rotatable bonds is 30. The Hall–Kier alpha value is -17.9. The lowest BCUT2D eigenvalue weighted by Crippen LogP contribution is -2.15. The summed E-state index contributed by atoms with van der Waals surface area (Å²) in [4.78, 5) is 106. The zero-order valence-electron chi connectivity index (χ0n) is 80.3. The summed E-state index contributed by atoms with van der Waals surface area (Å²) in [5.41, 5.74) is 16.1.